The summed E-state index contributed by atoms with van der Waals surface area (Å²) in [7, 11) is 1.66. The zero-order chi connectivity index (χ0) is 15.5. The molecule has 0 heterocycles. The number of halogens is 3. The zero-order valence-electron chi connectivity index (χ0n) is 12.5. The number of benzene rings is 1. The number of hydrogen-bond acceptors (Lipinski definition) is 2. The van der Waals surface area contributed by atoms with E-state index in [-0.39, 0.29) is 6.54 Å². The molecule has 1 aliphatic carbocycles. The van der Waals surface area contributed by atoms with Crippen LogP contribution in [0.2, 0.25) is 0 Å². The Hall–Kier alpha value is -0.680. The number of rotatable bonds is 4. The van der Waals surface area contributed by atoms with Gasteiger partial charge in [-0.3, -0.25) is 0 Å². The van der Waals surface area contributed by atoms with Gasteiger partial charge in [-0.15, -0.1) is 11.8 Å². The quantitative estimate of drug-likeness (QED) is 0.829. The van der Waals surface area contributed by atoms with Gasteiger partial charge in [0.25, 0.3) is 0 Å². The lowest BCUT2D eigenvalue weighted by atomic mass is 9.91. The van der Waals surface area contributed by atoms with Crippen LogP contribution in [-0.2, 0) is 12.7 Å². The van der Waals surface area contributed by atoms with Crippen LogP contribution in [0.15, 0.2) is 23.1 Å². The highest BCUT2D eigenvalue weighted by molar-refractivity contribution is 8.00. The fourth-order valence-corrected chi connectivity index (χ4v) is 4.34. The van der Waals surface area contributed by atoms with E-state index in [4.69, 9.17) is 0 Å². The molecule has 1 nitrogen and oxygen atoms in total. The van der Waals surface area contributed by atoms with Gasteiger partial charge in [-0.05, 0) is 43.5 Å². The molecule has 118 valence electrons. The van der Waals surface area contributed by atoms with Crippen molar-refractivity contribution in [2.24, 2.45) is 5.92 Å². The molecule has 2 rings (SSSR count). The standard InChI is InChI=1S/C16H22F3NS/c1-11-4-3-5-13(8-11)21-14-7-6-12(10-20-2)15(9-14)16(17,18)19/h6-7,9,11,13,20H,3-5,8,10H2,1-2H3. The predicted molar refractivity (Wildman–Crippen MR) is 81.5 cm³/mol. The molecule has 1 aromatic carbocycles. The van der Waals surface area contributed by atoms with Gasteiger partial charge in [-0.25, -0.2) is 0 Å². The van der Waals surface area contributed by atoms with E-state index in [1.54, 1.807) is 24.9 Å². The number of hydrogen-bond donors (Lipinski definition) is 1. The Morgan fingerprint density at radius 3 is 2.67 bits per heavy atom. The minimum Gasteiger partial charge on any atom is -0.316 e. The first-order valence-corrected chi connectivity index (χ1v) is 8.29. The molecule has 0 amide bonds. The van der Waals surface area contributed by atoms with Crippen molar-refractivity contribution >= 4 is 11.8 Å². The molecule has 0 aliphatic heterocycles. The molecule has 0 spiro atoms. The first-order chi connectivity index (χ1) is 9.90. The van der Waals surface area contributed by atoms with Crippen molar-refractivity contribution in [2.75, 3.05) is 7.05 Å². The van der Waals surface area contributed by atoms with Gasteiger partial charge in [0.2, 0.25) is 0 Å². The monoisotopic (exact) mass is 317 g/mol. The summed E-state index contributed by atoms with van der Waals surface area (Å²) < 4.78 is 39.5. The van der Waals surface area contributed by atoms with Crippen molar-refractivity contribution in [2.45, 2.75) is 55.5 Å². The molecule has 1 fully saturated rings. The van der Waals surface area contributed by atoms with Crippen molar-refractivity contribution in [1.82, 2.24) is 5.32 Å². The number of nitrogens with one attached hydrogen (secondary N) is 1. The van der Waals surface area contributed by atoms with Crippen LogP contribution in [0, 0.1) is 5.92 Å². The van der Waals surface area contributed by atoms with Gasteiger partial charge in [-0.1, -0.05) is 25.8 Å². The Kier molecular flexibility index (Phi) is 5.60. The van der Waals surface area contributed by atoms with Crippen LogP contribution in [0.25, 0.3) is 0 Å². The molecule has 1 aromatic rings. The van der Waals surface area contributed by atoms with E-state index in [1.165, 1.54) is 18.9 Å². The maximum Gasteiger partial charge on any atom is 0.416 e. The van der Waals surface area contributed by atoms with Crippen molar-refractivity contribution < 1.29 is 13.2 Å². The van der Waals surface area contributed by atoms with Gasteiger partial charge in [0.15, 0.2) is 0 Å². The lowest BCUT2D eigenvalue weighted by molar-refractivity contribution is -0.138. The molecule has 2 unspecified atom stereocenters. The Balaban J connectivity index is 2.17. The third kappa shape index (κ3) is 4.65. The van der Waals surface area contributed by atoms with Gasteiger partial charge >= 0.3 is 6.18 Å². The van der Waals surface area contributed by atoms with Gasteiger partial charge in [-0.2, -0.15) is 13.2 Å². The third-order valence-corrected chi connectivity index (χ3v) is 5.23. The molecule has 21 heavy (non-hydrogen) atoms. The number of thioether (sulfide) groups is 1. The maximum absolute atomic E-state index is 13.2. The predicted octanol–water partition coefficient (Wildman–Crippen LogP) is 5.10. The topological polar surface area (TPSA) is 12.0 Å². The summed E-state index contributed by atoms with van der Waals surface area (Å²) in [5, 5.41) is 3.25. The Morgan fingerprint density at radius 1 is 1.29 bits per heavy atom. The number of alkyl halides is 3. The van der Waals surface area contributed by atoms with Crippen molar-refractivity contribution in [1.29, 1.82) is 0 Å². The largest absolute Gasteiger partial charge is 0.416 e. The van der Waals surface area contributed by atoms with Crippen LogP contribution in [0.5, 0.6) is 0 Å². The van der Waals surface area contributed by atoms with E-state index in [1.807, 2.05) is 6.07 Å². The Morgan fingerprint density at radius 2 is 2.05 bits per heavy atom. The first-order valence-electron chi connectivity index (χ1n) is 7.41. The summed E-state index contributed by atoms with van der Waals surface area (Å²) in [5.41, 5.74) is -0.197. The fraction of sp³-hybridized carbons (Fsp3) is 0.625. The summed E-state index contributed by atoms with van der Waals surface area (Å²) in [6.07, 6.45) is 0.344. The highest BCUT2D eigenvalue weighted by Gasteiger charge is 2.33. The molecule has 0 radical (unpaired) electrons. The molecule has 5 heteroatoms. The van der Waals surface area contributed by atoms with E-state index in [0.717, 1.165) is 17.7 Å². The average molecular weight is 317 g/mol. The summed E-state index contributed by atoms with van der Waals surface area (Å²) in [4.78, 5) is 0.737. The van der Waals surface area contributed by atoms with Crippen LogP contribution in [0.4, 0.5) is 13.2 Å². The normalized spacial score (nSPS) is 23.3. The van der Waals surface area contributed by atoms with Gasteiger partial charge < -0.3 is 5.32 Å². The van der Waals surface area contributed by atoms with Gasteiger partial charge in [0.1, 0.15) is 0 Å². The molecule has 0 bridgehead atoms. The lowest BCUT2D eigenvalue weighted by Crippen LogP contribution is -2.16. The van der Waals surface area contributed by atoms with Crippen molar-refractivity contribution in [3.8, 4) is 0 Å². The minimum atomic E-state index is -4.29. The SMILES string of the molecule is CNCc1ccc(SC2CCCC(C)C2)cc1C(F)(F)F. The molecule has 2 atom stereocenters. The smallest absolute Gasteiger partial charge is 0.316 e. The van der Waals surface area contributed by atoms with Crippen LogP contribution < -0.4 is 5.32 Å². The summed E-state index contributed by atoms with van der Waals surface area (Å²) in [6, 6.07) is 4.75. The molecule has 1 saturated carbocycles. The van der Waals surface area contributed by atoms with Crippen LogP contribution >= 0.6 is 11.8 Å². The molecule has 1 aliphatic rings. The highest BCUT2D eigenvalue weighted by Crippen LogP contribution is 2.39. The molecule has 0 saturated heterocycles. The van der Waals surface area contributed by atoms with E-state index < -0.39 is 11.7 Å². The highest BCUT2D eigenvalue weighted by atomic mass is 32.2. The van der Waals surface area contributed by atoms with E-state index in [0.29, 0.717) is 16.7 Å². The Bertz CT molecular complexity index is 473. The maximum atomic E-state index is 13.2. The molecular weight excluding hydrogens is 295 g/mol. The second kappa shape index (κ2) is 7.05. The van der Waals surface area contributed by atoms with E-state index in [2.05, 4.69) is 12.2 Å². The van der Waals surface area contributed by atoms with Crippen molar-refractivity contribution in [3.05, 3.63) is 29.3 Å². The second-order valence-electron chi connectivity index (χ2n) is 5.86. The molecule has 1 N–H and O–H groups in total. The summed E-state index contributed by atoms with van der Waals surface area (Å²) >= 11 is 1.60. The summed E-state index contributed by atoms with van der Waals surface area (Å²) in [5.74, 6) is 0.682. The second-order valence-corrected chi connectivity index (χ2v) is 7.23. The molecular formula is C16H22F3NS. The fourth-order valence-electron chi connectivity index (χ4n) is 2.92. The lowest BCUT2D eigenvalue weighted by Gasteiger charge is -2.26. The first kappa shape index (κ1) is 16.7. The zero-order valence-corrected chi connectivity index (χ0v) is 13.3. The van der Waals surface area contributed by atoms with E-state index in [9.17, 15) is 13.2 Å². The van der Waals surface area contributed by atoms with Gasteiger partial charge in [0.05, 0.1) is 5.56 Å². The molecule has 0 aromatic heterocycles. The van der Waals surface area contributed by atoms with Crippen LogP contribution in [0.1, 0.15) is 43.7 Å². The summed E-state index contributed by atoms with van der Waals surface area (Å²) in [6.45, 7) is 2.46. The minimum absolute atomic E-state index is 0.236. The van der Waals surface area contributed by atoms with Crippen LogP contribution in [-0.4, -0.2) is 12.3 Å². The third-order valence-electron chi connectivity index (χ3n) is 3.94. The van der Waals surface area contributed by atoms with Crippen molar-refractivity contribution in [3.63, 3.8) is 0 Å². The average Bonchev–Trinajstić information content (AvgIpc) is 2.39. The van der Waals surface area contributed by atoms with E-state index >= 15 is 0 Å². The van der Waals surface area contributed by atoms with Crippen LogP contribution in [0.3, 0.4) is 0 Å². The Labute approximate surface area is 128 Å². The van der Waals surface area contributed by atoms with Gasteiger partial charge in [0, 0.05) is 16.7 Å².